The van der Waals surface area contributed by atoms with Gasteiger partial charge in [-0.2, -0.15) is 0 Å². The molecule has 1 aromatic carbocycles. The van der Waals surface area contributed by atoms with Gasteiger partial charge in [-0.25, -0.2) is 0 Å². The van der Waals surface area contributed by atoms with Crippen molar-refractivity contribution in [3.05, 3.63) is 33.4 Å². The fourth-order valence-corrected chi connectivity index (χ4v) is 2.37. The molecule has 0 atom stereocenters. The Labute approximate surface area is 89.2 Å². The molecule has 0 aliphatic carbocycles. The van der Waals surface area contributed by atoms with Crippen molar-refractivity contribution in [2.45, 2.75) is 6.54 Å². The van der Waals surface area contributed by atoms with E-state index in [1.807, 2.05) is 18.2 Å². The summed E-state index contributed by atoms with van der Waals surface area (Å²) in [5.74, 6) is 0. The van der Waals surface area contributed by atoms with Gasteiger partial charge in [0, 0.05) is 27.6 Å². The Balaban J connectivity index is 2.85. The van der Waals surface area contributed by atoms with Crippen LogP contribution in [0.5, 0.6) is 0 Å². The molecule has 3 N–H and O–H groups in total. The van der Waals surface area contributed by atoms with Gasteiger partial charge in [-0.3, -0.25) is 0 Å². The first kappa shape index (κ1) is 9.06. The predicted molar refractivity (Wildman–Crippen MR) is 58.9 cm³/mol. The summed E-state index contributed by atoms with van der Waals surface area (Å²) in [5, 5.41) is 1.72. The van der Waals surface area contributed by atoms with Gasteiger partial charge in [-0.05, 0) is 12.1 Å². The number of nitrogens with two attached hydrogens (primary N) is 1. The molecule has 2 nitrogen and oxygen atoms in total. The molecule has 0 amide bonds. The number of fused-ring (bicyclic) bond motifs is 1. The van der Waals surface area contributed by atoms with Crippen LogP contribution in [0.1, 0.15) is 5.69 Å². The van der Waals surface area contributed by atoms with E-state index in [1.54, 1.807) is 0 Å². The fraction of sp³-hybridized carbons (Fsp3) is 0.111. The van der Waals surface area contributed by atoms with Crippen molar-refractivity contribution in [3.63, 3.8) is 0 Å². The molecule has 0 unspecified atom stereocenters. The third kappa shape index (κ3) is 1.37. The lowest BCUT2D eigenvalue weighted by molar-refractivity contribution is 1.02. The van der Waals surface area contributed by atoms with Crippen molar-refractivity contribution >= 4 is 38.4 Å². The summed E-state index contributed by atoms with van der Waals surface area (Å²) < 4.78 is 0.992. The molecule has 4 heteroatoms. The Morgan fingerprint density at radius 1 is 1.46 bits per heavy atom. The number of nitrogens with one attached hydrogen (secondary N) is 1. The number of aromatic nitrogens is 1. The zero-order chi connectivity index (χ0) is 9.42. The zero-order valence-electron chi connectivity index (χ0n) is 6.77. The molecule has 0 saturated carbocycles. The van der Waals surface area contributed by atoms with Gasteiger partial charge in [-0.1, -0.05) is 33.6 Å². The topological polar surface area (TPSA) is 41.8 Å². The Morgan fingerprint density at radius 2 is 2.23 bits per heavy atom. The quantitative estimate of drug-likeness (QED) is 0.812. The third-order valence-electron chi connectivity index (χ3n) is 1.99. The monoisotopic (exact) mass is 258 g/mol. The lowest BCUT2D eigenvalue weighted by atomic mass is 10.2. The minimum atomic E-state index is 0.431. The molecular weight excluding hydrogens is 251 g/mol. The number of rotatable bonds is 1. The Kier molecular flexibility index (Phi) is 2.32. The number of halogens is 2. The highest BCUT2D eigenvalue weighted by molar-refractivity contribution is 9.10. The van der Waals surface area contributed by atoms with Crippen molar-refractivity contribution in [2.75, 3.05) is 0 Å². The van der Waals surface area contributed by atoms with E-state index >= 15 is 0 Å². The number of aromatic amines is 1. The zero-order valence-corrected chi connectivity index (χ0v) is 9.11. The second-order valence-corrected chi connectivity index (χ2v) is 4.02. The predicted octanol–water partition coefficient (Wildman–Crippen LogP) is 3.04. The van der Waals surface area contributed by atoms with Crippen LogP contribution < -0.4 is 5.73 Å². The summed E-state index contributed by atoms with van der Waals surface area (Å²) in [6.45, 7) is 0.431. The molecule has 2 aromatic rings. The van der Waals surface area contributed by atoms with Gasteiger partial charge in [0.2, 0.25) is 0 Å². The fourth-order valence-electron chi connectivity index (χ4n) is 1.36. The number of benzene rings is 1. The summed E-state index contributed by atoms with van der Waals surface area (Å²) in [6.07, 6.45) is 0. The molecule has 13 heavy (non-hydrogen) atoms. The number of H-pyrrole nitrogens is 1. The maximum atomic E-state index is 6.12. The smallest absolute Gasteiger partial charge is 0.0716 e. The van der Waals surface area contributed by atoms with E-state index in [0.717, 1.165) is 21.1 Å². The minimum Gasteiger partial charge on any atom is -0.356 e. The van der Waals surface area contributed by atoms with Gasteiger partial charge in [0.25, 0.3) is 0 Å². The van der Waals surface area contributed by atoms with Gasteiger partial charge in [0.1, 0.15) is 0 Å². The van der Waals surface area contributed by atoms with E-state index in [0.29, 0.717) is 11.6 Å². The van der Waals surface area contributed by atoms with E-state index in [1.165, 1.54) is 0 Å². The van der Waals surface area contributed by atoms with E-state index < -0.39 is 0 Å². The Morgan fingerprint density at radius 3 is 2.85 bits per heavy atom. The van der Waals surface area contributed by atoms with Gasteiger partial charge in [0.05, 0.1) is 5.02 Å². The molecule has 2 rings (SSSR count). The molecule has 0 aliphatic rings. The van der Waals surface area contributed by atoms with E-state index in [-0.39, 0.29) is 0 Å². The SMILES string of the molecule is NCc1[nH]c2cccc(Br)c2c1Cl. The van der Waals surface area contributed by atoms with Crippen LogP contribution >= 0.6 is 27.5 Å². The Bertz CT molecular complexity index is 450. The molecule has 0 bridgehead atoms. The van der Waals surface area contributed by atoms with Crippen LogP contribution in [-0.2, 0) is 6.54 Å². The van der Waals surface area contributed by atoms with E-state index in [4.69, 9.17) is 17.3 Å². The number of hydrogen-bond acceptors (Lipinski definition) is 1. The minimum absolute atomic E-state index is 0.431. The van der Waals surface area contributed by atoms with Crippen LogP contribution in [0.15, 0.2) is 22.7 Å². The average molecular weight is 260 g/mol. The van der Waals surface area contributed by atoms with Gasteiger partial charge >= 0.3 is 0 Å². The van der Waals surface area contributed by atoms with E-state index in [2.05, 4.69) is 20.9 Å². The molecular formula is C9H8BrClN2. The lowest BCUT2D eigenvalue weighted by Gasteiger charge is -1.93. The summed E-state index contributed by atoms with van der Waals surface area (Å²) in [7, 11) is 0. The second kappa shape index (κ2) is 3.33. The molecule has 0 aliphatic heterocycles. The molecule has 1 aromatic heterocycles. The normalized spacial score (nSPS) is 11.0. The molecule has 1 heterocycles. The highest BCUT2D eigenvalue weighted by Crippen LogP contribution is 2.32. The van der Waals surface area contributed by atoms with Crippen LogP contribution in [0.2, 0.25) is 5.02 Å². The Hall–Kier alpha value is -0.510. The number of hydrogen-bond donors (Lipinski definition) is 2. The van der Waals surface area contributed by atoms with Crippen LogP contribution in [0.3, 0.4) is 0 Å². The summed E-state index contributed by atoms with van der Waals surface area (Å²) in [4.78, 5) is 3.17. The summed E-state index contributed by atoms with van der Waals surface area (Å²) in [5.41, 5.74) is 7.43. The van der Waals surface area contributed by atoms with E-state index in [9.17, 15) is 0 Å². The molecule has 68 valence electrons. The van der Waals surface area contributed by atoms with Crippen LogP contribution in [0.4, 0.5) is 0 Å². The molecule has 0 saturated heterocycles. The maximum absolute atomic E-state index is 6.12. The van der Waals surface area contributed by atoms with Crippen molar-refractivity contribution in [2.24, 2.45) is 5.73 Å². The first-order chi connectivity index (χ1) is 6.24. The largest absolute Gasteiger partial charge is 0.356 e. The first-order valence-corrected chi connectivity index (χ1v) is 5.05. The van der Waals surface area contributed by atoms with Crippen molar-refractivity contribution in [1.82, 2.24) is 4.98 Å². The van der Waals surface area contributed by atoms with Gasteiger partial charge < -0.3 is 10.7 Å². The third-order valence-corrected chi connectivity index (χ3v) is 3.07. The van der Waals surface area contributed by atoms with Gasteiger partial charge in [0.15, 0.2) is 0 Å². The lowest BCUT2D eigenvalue weighted by Crippen LogP contribution is -1.96. The highest BCUT2D eigenvalue weighted by Gasteiger charge is 2.09. The highest BCUT2D eigenvalue weighted by atomic mass is 79.9. The standard InChI is InChI=1S/C9H8BrClN2/c10-5-2-1-3-6-8(5)9(11)7(4-12)13-6/h1-3,13H,4,12H2. The summed E-state index contributed by atoms with van der Waals surface area (Å²) in [6, 6.07) is 5.90. The summed E-state index contributed by atoms with van der Waals surface area (Å²) >= 11 is 9.57. The van der Waals surface area contributed by atoms with Crippen LogP contribution in [0.25, 0.3) is 10.9 Å². The average Bonchev–Trinajstić information content (AvgIpc) is 2.44. The molecule has 0 spiro atoms. The van der Waals surface area contributed by atoms with Crippen molar-refractivity contribution in [1.29, 1.82) is 0 Å². The first-order valence-electron chi connectivity index (χ1n) is 3.88. The van der Waals surface area contributed by atoms with Crippen molar-refractivity contribution < 1.29 is 0 Å². The maximum Gasteiger partial charge on any atom is 0.0716 e. The van der Waals surface area contributed by atoms with Crippen LogP contribution in [0, 0.1) is 0 Å². The van der Waals surface area contributed by atoms with Crippen molar-refractivity contribution in [3.8, 4) is 0 Å². The molecule has 0 fully saturated rings. The second-order valence-electron chi connectivity index (χ2n) is 2.78. The van der Waals surface area contributed by atoms with Crippen LogP contribution in [-0.4, -0.2) is 4.98 Å². The van der Waals surface area contributed by atoms with Gasteiger partial charge in [-0.15, -0.1) is 0 Å². The molecule has 0 radical (unpaired) electrons.